The summed E-state index contributed by atoms with van der Waals surface area (Å²) in [6, 6.07) is 15.1. The third-order valence-electron chi connectivity index (χ3n) is 3.26. The zero-order valence-electron chi connectivity index (χ0n) is 12.3. The third-order valence-corrected chi connectivity index (χ3v) is 3.26. The number of amides is 1. The van der Waals surface area contributed by atoms with Gasteiger partial charge in [0.25, 0.3) is 5.91 Å². The fraction of sp³-hybridized carbons (Fsp3) is 0.235. The van der Waals surface area contributed by atoms with Crippen molar-refractivity contribution >= 4 is 11.6 Å². The van der Waals surface area contributed by atoms with Crippen LogP contribution in [0.1, 0.15) is 22.8 Å². The van der Waals surface area contributed by atoms with E-state index in [9.17, 15) is 4.79 Å². The van der Waals surface area contributed by atoms with Crippen LogP contribution >= 0.6 is 0 Å². The molecular formula is C17H20N2O2. The molecule has 4 heteroatoms. The number of benzene rings is 2. The highest BCUT2D eigenvalue weighted by atomic mass is 16.5. The maximum Gasteiger partial charge on any atom is 0.251 e. The van der Waals surface area contributed by atoms with Crippen molar-refractivity contribution in [3.63, 3.8) is 0 Å². The highest BCUT2D eigenvalue weighted by molar-refractivity contribution is 5.95. The molecule has 0 aliphatic carbocycles. The zero-order valence-corrected chi connectivity index (χ0v) is 12.3. The van der Waals surface area contributed by atoms with Gasteiger partial charge >= 0.3 is 0 Å². The van der Waals surface area contributed by atoms with Crippen LogP contribution in [0.4, 0.5) is 5.69 Å². The Balaban J connectivity index is 2.00. The molecule has 4 nitrogen and oxygen atoms in total. The first-order chi connectivity index (χ1) is 10.1. The predicted molar refractivity (Wildman–Crippen MR) is 84.5 cm³/mol. The van der Waals surface area contributed by atoms with Crippen LogP contribution in [-0.4, -0.2) is 19.1 Å². The van der Waals surface area contributed by atoms with Gasteiger partial charge in [-0.05, 0) is 37.1 Å². The predicted octanol–water partition coefficient (Wildman–Crippen LogP) is 2.64. The number of methoxy groups -OCH3 is 1. The van der Waals surface area contributed by atoms with Gasteiger partial charge in [0.1, 0.15) is 5.75 Å². The van der Waals surface area contributed by atoms with Gasteiger partial charge < -0.3 is 15.8 Å². The first kappa shape index (κ1) is 14.9. The molecule has 21 heavy (non-hydrogen) atoms. The normalized spacial score (nSPS) is 11.7. The fourth-order valence-corrected chi connectivity index (χ4v) is 2.18. The Kier molecular flexibility index (Phi) is 4.82. The van der Waals surface area contributed by atoms with E-state index in [4.69, 9.17) is 10.5 Å². The summed E-state index contributed by atoms with van der Waals surface area (Å²) in [6.07, 6.45) is 0.790. The lowest BCUT2D eigenvalue weighted by molar-refractivity contribution is 0.0940. The molecule has 0 aromatic heterocycles. The summed E-state index contributed by atoms with van der Waals surface area (Å²) in [5.74, 6) is 0.384. The second kappa shape index (κ2) is 6.79. The molecule has 0 spiro atoms. The number of carbonyl (C=O) groups excluding carboxylic acids is 1. The molecular weight excluding hydrogens is 264 g/mol. The van der Waals surface area contributed by atoms with E-state index in [0.29, 0.717) is 17.0 Å². The number of rotatable bonds is 5. The number of carbonyl (C=O) groups is 1. The van der Waals surface area contributed by atoms with Crippen LogP contribution in [0.3, 0.4) is 0 Å². The molecule has 1 unspecified atom stereocenters. The number of anilines is 1. The van der Waals surface area contributed by atoms with Crippen molar-refractivity contribution in [3.8, 4) is 5.75 Å². The molecule has 1 atom stereocenters. The van der Waals surface area contributed by atoms with E-state index in [2.05, 4.69) is 17.4 Å². The minimum Gasteiger partial charge on any atom is -0.495 e. The highest BCUT2D eigenvalue weighted by Crippen LogP contribution is 2.22. The smallest absolute Gasteiger partial charge is 0.251 e. The Bertz CT molecular complexity index is 611. The van der Waals surface area contributed by atoms with Crippen molar-refractivity contribution in [2.45, 2.75) is 19.4 Å². The second-order valence-electron chi connectivity index (χ2n) is 5.02. The van der Waals surface area contributed by atoms with Crippen LogP contribution < -0.4 is 15.8 Å². The summed E-state index contributed by atoms with van der Waals surface area (Å²) in [5, 5.41) is 2.98. The number of hydrogen-bond donors (Lipinski definition) is 2. The van der Waals surface area contributed by atoms with Gasteiger partial charge in [-0.2, -0.15) is 0 Å². The van der Waals surface area contributed by atoms with Crippen LogP contribution in [0, 0.1) is 0 Å². The van der Waals surface area contributed by atoms with Crippen LogP contribution in [-0.2, 0) is 6.42 Å². The first-order valence-electron chi connectivity index (χ1n) is 6.88. The molecule has 1 amide bonds. The minimum absolute atomic E-state index is 0.0449. The largest absolute Gasteiger partial charge is 0.495 e. The molecule has 0 heterocycles. The number of ether oxygens (including phenoxy) is 1. The number of nitrogens with one attached hydrogen (secondary N) is 1. The molecule has 2 aromatic carbocycles. The van der Waals surface area contributed by atoms with E-state index in [-0.39, 0.29) is 11.9 Å². The minimum atomic E-state index is -0.128. The molecule has 0 aliphatic heterocycles. The Labute approximate surface area is 124 Å². The Morgan fingerprint density at radius 1 is 1.24 bits per heavy atom. The number of nitrogen functional groups attached to an aromatic ring is 1. The van der Waals surface area contributed by atoms with Gasteiger partial charge in [-0.1, -0.05) is 30.3 Å². The average molecular weight is 284 g/mol. The molecule has 0 saturated carbocycles. The van der Waals surface area contributed by atoms with Gasteiger partial charge in [-0.15, -0.1) is 0 Å². The summed E-state index contributed by atoms with van der Waals surface area (Å²) >= 11 is 0. The maximum absolute atomic E-state index is 12.2. The van der Waals surface area contributed by atoms with E-state index >= 15 is 0 Å². The lowest BCUT2D eigenvalue weighted by Crippen LogP contribution is -2.34. The van der Waals surface area contributed by atoms with Crippen molar-refractivity contribution < 1.29 is 9.53 Å². The molecule has 0 fully saturated rings. The van der Waals surface area contributed by atoms with Gasteiger partial charge in [-0.25, -0.2) is 0 Å². The van der Waals surface area contributed by atoms with Crippen molar-refractivity contribution in [3.05, 3.63) is 59.7 Å². The lowest BCUT2D eigenvalue weighted by Gasteiger charge is -2.14. The molecule has 0 saturated heterocycles. The van der Waals surface area contributed by atoms with Crippen molar-refractivity contribution in [1.82, 2.24) is 5.32 Å². The zero-order chi connectivity index (χ0) is 15.2. The first-order valence-corrected chi connectivity index (χ1v) is 6.88. The van der Waals surface area contributed by atoms with Crippen LogP contribution in [0.15, 0.2) is 48.5 Å². The van der Waals surface area contributed by atoms with Crippen LogP contribution in [0.5, 0.6) is 5.75 Å². The maximum atomic E-state index is 12.2. The van der Waals surface area contributed by atoms with E-state index in [0.717, 1.165) is 6.42 Å². The van der Waals surface area contributed by atoms with Gasteiger partial charge in [0, 0.05) is 11.6 Å². The fourth-order valence-electron chi connectivity index (χ4n) is 2.18. The van der Waals surface area contributed by atoms with Crippen molar-refractivity contribution in [2.24, 2.45) is 0 Å². The molecule has 0 aliphatic rings. The van der Waals surface area contributed by atoms with Gasteiger partial charge in [0.2, 0.25) is 0 Å². The Morgan fingerprint density at radius 2 is 1.95 bits per heavy atom. The summed E-state index contributed by atoms with van der Waals surface area (Å²) in [5.41, 5.74) is 8.00. The summed E-state index contributed by atoms with van der Waals surface area (Å²) in [6.45, 7) is 1.99. The number of nitrogens with two attached hydrogens (primary N) is 1. The van der Waals surface area contributed by atoms with Crippen LogP contribution in [0.25, 0.3) is 0 Å². The van der Waals surface area contributed by atoms with Gasteiger partial charge in [0.05, 0.1) is 12.8 Å². The standard InChI is InChI=1S/C17H20N2O2/c1-12(10-13-6-4-3-5-7-13)19-17(20)14-8-9-15(18)16(11-14)21-2/h3-9,11-12H,10,18H2,1-2H3,(H,19,20). The van der Waals surface area contributed by atoms with Crippen LogP contribution in [0.2, 0.25) is 0 Å². The van der Waals surface area contributed by atoms with Gasteiger partial charge in [0.15, 0.2) is 0 Å². The molecule has 2 aromatic rings. The van der Waals surface area contributed by atoms with E-state index in [1.165, 1.54) is 12.7 Å². The van der Waals surface area contributed by atoms with Crippen molar-refractivity contribution in [2.75, 3.05) is 12.8 Å². The molecule has 3 N–H and O–H groups in total. The lowest BCUT2D eigenvalue weighted by atomic mass is 10.1. The molecule has 0 bridgehead atoms. The Morgan fingerprint density at radius 3 is 2.62 bits per heavy atom. The monoisotopic (exact) mass is 284 g/mol. The summed E-state index contributed by atoms with van der Waals surface area (Å²) in [4.78, 5) is 12.2. The molecule has 110 valence electrons. The highest BCUT2D eigenvalue weighted by Gasteiger charge is 2.12. The second-order valence-corrected chi connectivity index (χ2v) is 5.02. The van der Waals surface area contributed by atoms with E-state index < -0.39 is 0 Å². The quantitative estimate of drug-likeness (QED) is 0.830. The van der Waals surface area contributed by atoms with E-state index in [1.54, 1.807) is 18.2 Å². The van der Waals surface area contributed by atoms with E-state index in [1.807, 2.05) is 25.1 Å². The SMILES string of the molecule is COc1cc(C(=O)NC(C)Cc2ccccc2)ccc1N. The molecule has 2 rings (SSSR count). The summed E-state index contributed by atoms with van der Waals surface area (Å²) < 4.78 is 5.13. The Hall–Kier alpha value is -2.49. The molecule has 0 radical (unpaired) electrons. The topological polar surface area (TPSA) is 64.3 Å². The van der Waals surface area contributed by atoms with Gasteiger partial charge in [-0.3, -0.25) is 4.79 Å². The third kappa shape index (κ3) is 3.99. The number of hydrogen-bond acceptors (Lipinski definition) is 3. The average Bonchev–Trinajstić information content (AvgIpc) is 2.48. The summed E-state index contributed by atoms with van der Waals surface area (Å²) in [7, 11) is 1.53. The van der Waals surface area contributed by atoms with Crippen molar-refractivity contribution in [1.29, 1.82) is 0 Å².